The Balaban J connectivity index is 1.31. The van der Waals surface area contributed by atoms with Crippen LogP contribution in [0.3, 0.4) is 0 Å². The number of nitrogens with zero attached hydrogens (tertiary/aromatic N) is 4. The van der Waals surface area contributed by atoms with Gasteiger partial charge in [-0.3, -0.25) is 31.3 Å². The van der Waals surface area contributed by atoms with E-state index in [1.54, 1.807) is 36.7 Å². The average molecular weight is 555 g/mol. The van der Waals surface area contributed by atoms with E-state index < -0.39 is 0 Å². The van der Waals surface area contributed by atoms with Gasteiger partial charge in [0.25, 0.3) is 0 Å². The minimum absolute atomic E-state index is 0.116. The first kappa shape index (κ1) is 28.6. The van der Waals surface area contributed by atoms with Crippen molar-refractivity contribution < 1.29 is 9.59 Å². The maximum Gasteiger partial charge on any atom is 0.221 e. The van der Waals surface area contributed by atoms with Gasteiger partial charge in [-0.2, -0.15) is 10.2 Å². The van der Waals surface area contributed by atoms with Crippen LogP contribution in [0, 0.1) is 0 Å². The molecular formula is C24H30N10O2S2. The molecule has 0 aliphatic carbocycles. The molecule has 12 nitrogen and oxygen atoms in total. The second-order valence-corrected chi connectivity index (χ2v) is 9.02. The fraction of sp³-hybridized carbons (Fsp3) is 0.250. The van der Waals surface area contributed by atoms with Gasteiger partial charge in [0.05, 0.1) is 12.4 Å². The predicted molar refractivity (Wildman–Crippen MR) is 158 cm³/mol. The maximum absolute atomic E-state index is 11.1. The van der Waals surface area contributed by atoms with Crippen molar-refractivity contribution in [2.45, 2.75) is 13.8 Å². The molecule has 0 spiro atoms. The highest BCUT2D eigenvalue weighted by Gasteiger charge is 2.17. The van der Waals surface area contributed by atoms with Gasteiger partial charge in [0, 0.05) is 51.4 Å². The molecule has 38 heavy (non-hydrogen) atoms. The zero-order chi connectivity index (χ0) is 27.3. The van der Waals surface area contributed by atoms with E-state index in [4.69, 9.17) is 24.4 Å². The number of benzene rings is 2. The number of anilines is 2. The zero-order valence-electron chi connectivity index (χ0n) is 21.0. The van der Waals surface area contributed by atoms with Gasteiger partial charge in [-0.25, -0.2) is 10.0 Å². The van der Waals surface area contributed by atoms with Gasteiger partial charge in [0.1, 0.15) is 0 Å². The van der Waals surface area contributed by atoms with Gasteiger partial charge < -0.3 is 10.6 Å². The van der Waals surface area contributed by atoms with Crippen molar-refractivity contribution in [2.24, 2.45) is 10.2 Å². The lowest BCUT2D eigenvalue weighted by Crippen LogP contribution is -2.59. The third-order valence-electron chi connectivity index (χ3n) is 5.02. The van der Waals surface area contributed by atoms with Crippen molar-refractivity contribution in [3.63, 3.8) is 0 Å². The van der Waals surface area contributed by atoms with Gasteiger partial charge in [-0.05, 0) is 59.8 Å². The van der Waals surface area contributed by atoms with Crippen LogP contribution in [0.1, 0.15) is 25.0 Å². The molecule has 2 aromatic carbocycles. The SMILES string of the molecule is CC(=O)Nc1ccc(/C=N\NC(=S)NN2CCN(NC(=S)N/N=C\c3ccc(NC(C)=O)cc3)CC2)cc1. The molecule has 1 aliphatic rings. The van der Waals surface area contributed by atoms with Crippen LogP contribution >= 0.6 is 24.4 Å². The smallest absolute Gasteiger partial charge is 0.221 e. The van der Waals surface area contributed by atoms with E-state index in [-0.39, 0.29) is 11.8 Å². The molecule has 2 amide bonds. The van der Waals surface area contributed by atoms with Crippen molar-refractivity contribution in [2.75, 3.05) is 36.8 Å². The minimum atomic E-state index is -0.116. The maximum atomic E-state index is 11.1. The van der Waals surface area contributed by atoms with Crippen molar-refractivity contribution >= 4 is 70.3 Å². The highest BCUT2D eigenvalue weighted by molar-refractivity contribution is 7.80. The number of thiocarbonyl (C=S) groups is 2. The summed E-state index contributed by atoms with van der Waals surface area (Å²) in [4.78, 5) is 22.2. The average Bonchev–Trinajstić information content (AvgIpc) is 2.87. The van der Waals surface area contributed by atoms with Crippen LogP contribution in [0.5, 0.6) is 0 Å². The van der Waals surface area contributed by atoms with Crippen molar-refractivity contribution in [3.8, 4) is 0 Å². The lowest BCUT2D eigenvalue weighted by atomic mass is 10.2. The van der Waals surface area contributed by atoms with Gasteiger partial charge in [0.2, 0.25) is 22.0 Å². The lowest BCUT2D eigenvalue weighted by Gasteiger charge is -2.35. The highest BCUT2D eigenvalue weighted by atomic mass is 32.1. The molecule has 2 aromatic rings. The number of piperazine rings is 1. The van der Waals surface area contributed by atoms with E-state index in [0.717, 1.165) is 22.5 Å². The first-order chi connectivity index (χ1) is 18.3. The summed E-state index contributed by atoms with van der Waals surface area (Å²) in [5.41, 5.74) is 15.0. The summed E-state index contributed by atoms with van der Waals surface area (Å²) in [5, 5.41) is 18.5. The number of hydrogen-bond donors (Lipinski definition) is 6. The Morgan fingerprint density at radius 1 is 0.684 bits per heavy atom. The summed E-state index contributed by atoms with van der Waals surface area (Å²) in [6, 6.07) is 14.6. The van der Waals surface area contributed by atoms with Gasteiger partial charge in [-0.15, -0.1) is 0 Å². The van der Waals surface area contributed by atoms with Crippen LogP contribution in [-0.4, -0.2) is 70.7 Å². The summed E-state index contributed by atoms with van der Waals surface area (Å²) in [7, 11) is 0. The van der Waals surface area contributed by atoms with Crippen molar-refractivity contribution in [3.05, 3.63) is 59.7 Å². The first-order valence-corrected chi connectivity index (χ1v) is 12.5. The first-order valence-electron chi connectivity index (χ1n) is 11.7. The second kappa shape index (κ2) is 14.7. The van der Waals surface area contributed by atoms with E-state index >= 15 is 0 Å². The number of amides is 2. The van der Waals surface area contributed by atoms with Crippen molar-refractivity contribution in [1.82, 2.24) is 31.7 Å². The van der Waals surface area contributed by atoms with E-state index in [2.05, 4.69) is 42.5 Å². The monoisotopic (exact) mass is 554 g/mol. The van der Waals surface area contributed by atoms with Crippen LogP contribution in [0.2, 0.25) is 0 Å². The fourth-order valence-electron chi connectivity index (χ4n) is 3.31. The third-order valence-corrected chi connectivity index (χ3v) is 5.39. The molecule has 1 aliphatic heterocycles. The van der Waals surface area contributed by atoms with Gasteiger partial charge >= 0.3 is 0 Å². The molecule has 200 valence electrons. The number of carbonyl (C=O) groups is 2. The van der Waals surface area contributed by atoms with E-state index in [0.29, 0.717) is 36.4 Å². The second-order valence-electron chi connectivity index (χ2n) is 8.20. The summed E-state index contributed by atoms with van der Waals surface area (Å²) >= 11 is 10.6. The predicted octanol–water partition coefficient (Wildman–Crippen LogP) is 1.35. The number of hydrogen-bond acceptors (Lipinski definition) is 8. The number of hydrazine groups is 2. The normalized spacial score (nSPS) is 14.2. The number of hydrazone groups is 2. The molecule has 1 fully saturated rings. The molecule has 14 heteroatoms. The van der Waals surface area contributed by atoms with Crippen LogP contribution in [-0.2, 0) is 9.59 Å². The topological polar surface area (TPSA) is 138 Å². The van der Waals surface area contributed by atoms with Crippen LogP contribution in [0.15, 0.2) is 58.7 Å². The summed E-state index contributed by atoms with van der Waals surface area (Å²) in [6.07, 6.45) is 3.29. The molecule has 0 radical (unpaired) electrons. The molecule has 0 atom stereocenters. The Morgan fingerprint density at radius 3 is 1.34 bits per heavy atom. The quantitative estimate of drug-likeness (QED) is 0.161. The highest BCUT2D eigenvalue weighted by Crippen LogP contribution is 2.08. The number of rotatable bonds is 8. The molecule has 0 aromatic heterocycles. The van der Waals surface area contributed by atoms with Crippen LogP contribution < -0.4 is 32.3 Å². The minimum Gasteiger partial charge on any atom is -0.326 e. The van der Waals surface area contributed by atoms with Gasteiger partial charge in [0.15, 0.2) is 0 Å². The summed E-state index contributed by atoms with van der Waals surface area (Å²) in [6.45, 7) is 5.75. The van der Waals surface area contributed by atoms with Crippen LogP contribution in [0.4, 0.5) is 11.4 Å². The Labute approximate surface area is 231 Å². The van der Waals surface area contributed by atoms with Crippen molar-refractivity contribution in [1.29, 1.82) is 0 Å². The Morgan fingerprint density at radius 2 is 1.03 bits per heavy atom. The molecule has 6 N–H and O–H groups in total. The Kier molecular flexibility index (Phi) is 11.0. The molecule has 1 heterocycles. The number of carbonyl (C=O) groups excluding carboxylic acids is 2. The molecular weight excluding hydrogens is 524 g/mol. The standard InChI is InChI=1S/C24H30N10O2S2/c1-17(35)27-21-7-3-19(4-8-21)15-25-29-23(37)31-33-11-13-34(14-12-33)32-24(38)30-26-16-20-5-9-22(10-6-20)28-18(2)36/h3-10,15-16H,11-14H2,1-2H3,(H,27,35)(H,28,36)(H2,29,31,37)(H2,30,32,38)/b25-15-,26-16-. The Bertz CT molecular complexity index is 1080. The molecule has 1 saturated heterocycles. The van der Waals surface area contributed by atoms with E-state index in [1.807, 2.05) is 34.3 Å². The molecule has 0 bridgehead atoms. The lowest BCUT2D eigenvalue weighted by molar-refractivity contribution is -0.115. The molecule has 0 saturated carbocycles. The fourth-order valence-corrected chi connectivity index (χ4v) is 3.67. The molecule has 3 rings (SSSR count). The Hall–Kier alpha value is -3.98. The largest absolute Gasteiger partial charge is 0.326 e. The van der Waals surface area contributed by atoms with Crippen LogP contribution in [0.25, 0.3) is 0 Å². The summed E-state index contributed by atoms with van der Waals surface area (Å²) < 4.78 is 0. The zero-order valence-corrected chi connectivity index (χ0v) is 22.7. The molecule has 0 unspecified atom stereocenters. The summed E-state index contributed by atoms with van der Waals surface area (Å²) in [5.74, 6) is -0.233. The van der Waals surface area contributed by atoms with Gasteiger partial charge in [-0.1, -0.05) is 24.3 Å². The van der Waals surface area contributed by atoms with E-state index in [9.17, 15) is 9.59 Å². The number of nitrogens with one attached hydrogen (secondary N) is 6. The van der Waals surface area contributed by atoms with E-state index in [1.165, 1.54) is 13.8 Å². The third kappa shape index (κ3) is 10.6.